The average molecular weight is 379 g/mol. The minimum Gasteiger partial charge on any atom is -0.469 e. The molecule has 0 aromatic carbocycles. The van der Waals surface area contributed by atoms with Crippen LogP contribution in [0.5, 0.6) is 0 Å². The molecular weight excluding hydrogens is 358 g/mol. The molecule has 0 unspecified atom stereocenters. The van der Waals surface area contributed by atoms with E-state index >= 15 is 0 Å². The number of nitrogens with two attached hydrogens (primary N) is 1. The number of amides is 1. The van der Waals surface area contributed by atoms with Crippen molar-refractivity contribution >= 4 is 28.9 Å². The molecule has 2 aromatic rings. The summed E-state index contributed by atoms with van der Waals surface area (Å²) >= 11 is 0. The van der Waals surface area contributed by atoms with Gasteiger partial charge in [0.25, 0.3) is 11.5 Å². The lowest BCUT2D eigenvalue weighted by Gasteiger charge is -2.14. The van der Waals surface area contributed by atoms with Crippen LogP contribution in [0.1, 0.15) is 35.8 Å². The smallest absolute Gasteiger partial charge is 0.307 e. The molecule has 1 fully saturated rings. The fourth-order valence-electron chi connectivity index (χ4n) is 3.07. The molecule has 0 bridgehead atoms. The summed E-state index contributed by atoms with van der Waals surface area (Å²) in [6.45, 7) is -0.0578. The number of carbonyl (C=O) groups excluding carboxylic acids is 2. The molecule has 0 radical (unpaired) electrons. The number of esters is 1. The van der Waals surface area contributed by atoms with Crippen LogP contribution >= 0.6 is 0 Å². The summed E-state index contributed by atoms with van der Waals surface area (Å²) in [6.07, 6.45) is 1.92. The zero-order valence-corrected chi connectivity index (χ0v) is 14.7. The highest BCUT2D eigenvalue weighted by Crippen LogP contribution is 2.31. The summed E-state index contributed by atoms with van der Waals surface area (Å²) in [5, 5.41) is 11.9. The maximum Gasteiger partial charge on any atom is 0.307 e. The van der Waals surface area contributed by atoms with Crippen LogP contribution in [-0.2, 0) is 14.3 Å². The lowest BCUT2D eigenvalue weighted by atomic mass is 10.2. The number of hydrogen-bond donors (Lipinski definition) is 4. The molecule has 1 saturated heterocycles. The summed E-state index contributed by atoms with van der Waals surface area (Å²) < 4.78 is 11.8. The maximum atomic E-state index is 12.5. The molecule has 0 aliphatic carbocycles. The number of nitrogens with one attached hydrogen (secondary N) is 2. The minimum atomic E-state index is -0.550. The molecule has 2 aromatic heterocycles. The molecule has 0 spiro atoms. The Labute approximate surface area is 153 Å². The van der Waals surface area contributed by atoms with Crippen LogP contribution < -0.4 is 16.6 Å². The lowest BCUT2D eigenvalue weighted by molar-refractivity contribution is -0.140. The molecule has 2 atom stereocenters. The van der Waals surface area contributed by atoms with Crippen molar-refractivity contribution in [2.75, 3.05) is 26.0 Å². The fourth-order valence-corrected chi connectivity index (χ4v) is 3.07. The van der Waals surface area contributed by atoms with E-state index in [0.29, 0.717) is 12.8 Å². The Morgan fingerprint density at radius 3 is 2.96 bits per heavy atom. The molecule has 11 nitrogen and oxygen atoms in total. The number of aliphatic hydroxyl groups is 1. The van der Waals surface area contributed by atoms with Crippen LogP contribution in [0, 0.1) is 0 Å². The molecule has 0 saturated carbocycles. The van der Waals surface area contributed by atoms with Crippen molar-refractivity contribution in [2.45, 2.75) is 31.6 Å². The van der Waals surface area contributed by atoms with Crippen molar-refractivity contribution in [3.63, 3.8) is 0 Å². The Morgan fingerprint density at radius 1 is 1.52 bits per heavy atom. The first-order valence-corrected chi connectivity index (χ1v) is 8.46. The Morgan fingerprint density at radius 2 is 2.30 bits per heavy atom. The zero-order chi connectivity index (χ0) is 19.6. The van der Waals surface area contributed by atoms with Gasteiger partial charge >= 0.3 is 5.97 Å². The van der Waals surface area contributed by atoms with E-state index in [1.807, 2.05) is 0 Å². The highest BCUT2D eigenvalue weighted by Gasteiger charge is 2.30. The molecular formula is C16H21N5O6. The Balaban J connectivity index is 1.94. The van der Waals surface area contributed by atoms with Gasteiger partial charge in [0.05, 0.1) is 37.2 Å². The van der Waals surface area contributed by atoms with E-state index in [9.17, 15) is 19.5 Å². The predicted molar refractivity (Wildman–Crippen MR) is 94.0 cm³/mol. The summed E-state index contributed by atoms with van der Waals surface area (Å²) in [4.78, 5) is 42.6. The van der Waals surface area contributed by atoms with Crippen molar-refractivity contribution in [1.82, 2.24) is 19.9 Å². The first kappa shape index (κ1) is 18.9. The monoisotopic (exact) mass is 379 g/mol. The van der Waals surface area contributed by atoms with Gasteiger partial charge in [-0.3, -0.25) is 19.4 Å². The molecule has 5 N–H and O–H groups in total. The first-order valence-electron chi connectivity index (χ1n) is 8.46. The van der Waals surface area contributed by atoms with E-state index < -0.39 is 23.7 Å². The second-order valence-electron chi connectivity index (χ2n) is 6.15. The number of H-pyrrole nitrogens is 1. The Bertz CT molecular complexity index is 920. The van der Waals surface area contributed by atoms with Gasteiger partial charge in [-0.2, -0.15) is 4.98 Å². The number of carbonyl (C=O) groups is 2. The Kier molecular flexibility index (Phi) is 5.42. The molecule has 146 valence electrons. The average Bonchev–Trinajstić information content (AvgIpc) is 3.25. The van der Waals surface area contributed by atoms with Crippen LogP contribution in [0.15, 0.2) is 11.0 Å². The SMILES string of the molecule is COC(=O)CCNC(=O)c1cn([C@H]2CC[C@@H](CO)O2)c2nc(N)[nH]c(=O)c12. The van der Waals surface area contributed by atoms with E-state index in [-0.39, 0.29) is 48.2 Å². The van der Waals surface area contributed by atoms with Crippen molar-refractivity contribution in [3.05, 3.63) is 22.1 Å². The quantitative estimate of drug-likeness (QED) is 0.478. The van der Waals surface area contributed by atoms with Gasteiger partial charge in [-0.05, 0) is 12.8 Å². The number of nitrogens with zero attached hydrogens (tertiary/aromatic N) is 2. The zero-order valence-electron chi connectivity index (χ0n) is 14.7. The second-order valence-corrected chi connectivity index (χ2v) is 6.15. The van der Waals surface area contributed by atoms with Crippen LogP contribution in [0.25, 0.3) is 11.0 Å². The van der Waals surface area contributed by atoms with Crippen molar-refractivity contribution in [3.8, 4) is 0 Å². The molecule has 3 heterocycles. The Hall–Kier alpha value is -2.92. The van der Waals surface area contributed by atoms with Gasteiger partial charge in [0, 0.05) is 12.7 Å². The summed E-state index contributed by atoms with van der Waals surface area (Å²) in [7, 11) is 1.26. The maximum absolute atomic E-state index is 12.5. The topological polar surface area (TPSA) is 162 Å². The number of aromatic amines is 1. The second kappa shape index (κ2) is 7.76. The number of aromatic nitrogens is 3. The van der Waals surface area contributed by atoms with Crippen molar-refractivity contribution < 1.29 is 24.2 Å². The first-order chi connectivity index (χ1) is 12.9. The van der Waals surface area contributed by atoms with E-state index in [1.54, 1.807) is 4.57 Å². The van der Waals surface area contributed by atoms with E-state index in [1.165, 1.54) is 13.3 Å². The van der Waals surface area contributed by atoms with Crippen LogP contribution in [0.4, 0.5) is 5.95 Å². The number of hydrogen-bond acceptors (Lipinski definition) is 8. The molecule has 1 aliphatic rings. The minimum absolute atomic E-state index is 0.00630. The van der Waals surface area contributed by atoms with Gasteiger partial charge in [-0.25, -0.2) is 0 Å². The van der Waals surface area contributed by atoms with Gasteiger partial charge in [-0.1, -0.05) is 0 Å². The van der Waals surface area contributed by atoms with Crippen LogP contribution in [-0.4, -0.2) is 57.9 Å². The highest BCUT2D eigenvalue weighted by molar-refractivity contribution is 6.06. The standard InChI is InChI=1S/C16H21N5O6/c1-26-11(23)4-5-18-14(24)9-6-21(10-3-2-8(7-22)27-10)13-12(9)15(25)20-16(17)19-13/h6,8,10,22H,2-5,7H2,1H3,(H,18,24)(H3,17,19,20,25)/t8-,10+/m0/s1. The van der Waals surface area contributed by atoms with Crippen LogP contribution in [0.2, 0.25) is 0 Å². The number of methoxy groups -OCH3 is 1. The number of fused-ring (bicyclic) bond motifs is 1. The third kappa shape index (κ3) is 3.78. The lowest BCUT2D eigenvalue weighted by Crippen LogP contribution is -2.27. The number of aliphatic hydroxyl groups excluding tert-OH is 1. The number of nitrogen functional groups attached to an aromatic ring is 1. The normalized spacial score (nSPS) is 19.3. The van der Waals surface area contributed by atoms with Gasteiger partial charge in [0.2, 0.25) is 5.95 Å². The van der Waals surface area contributed by atoms with Gasteiger partial charge < -0.3 is 30.2 Å². The summed E-state index contributed by atoms with van der Waals surface area (Å²) in [5.41, 5.74) is 5.41. The largest absolute Gasteiger partial charge is 0.469 e. The molecule has 11 heteroatoms. The van der Waals surface area contributed by atoms with Gasteiger partial charge in [-0.15, -0.1) is 0 Å². The van der Waals surface area contributed by atoms with Gasteiger partial charge in [0.15, 0.2) is 5.65 Å². The van der Waals surface area contributed by atoms with Crippen LogP contribution in [0.3, 0.4) is 0 Å². The summed E-state index contributed by atoms with van der Waals surface area (Å²) in [5.74, 6) is -1.07. The molecule has 3 rings (SSSR count). The van der Waals surface area contributed by atoms with Crippen molar-refractivity contribution in [2.24, 2.45) is 0 Å². The molecule has 1 amide bonds. The van der Waals surface area contributed by atoms with Gasteiger partial charge in [0.1, 0.15) is 6.23 Å². The highest BCUT2D eigenvalue weighted by atomic mass is 16.5. The number of anilines is 1. The predicted octanol–water partition coefficient (Wildman–Crippen LogP) is -0.730. The molecule has 27 heavy (non-hydrogen) atoms. The van der Waals surface area contributed by atoms with E-state index in [2.05, 4.69) is 20.0 Å². The fraction of sp³-hybridized carbons (Fsp3) is 0.500. The number of ether oxygens (including phenoxy) is 2. The van der Waals surface area contributed by atoms with E-state index in [4.69, 9.17) is 10.5 Å². The summed E-state index contributed by atoms with van der Waals surface area (Å²) in [6, 6.07) is 0. The third-order valence-corrected chi connectivity index (χ3v) is 4.39. The number of rotatable bonds is 6. The molecule has 1 aliphatic heterocycles. The van der Waals surface area contributed by atoms with E-state index in [0.717, 1.165) is 0 Å². The van der Waals surface area contributed by atoms with Crippen molar-refractivity contribution in [1.29, 1.82) is 0 Å². The third-order valence-electron chi connectivity index (χ3n) is 4.39.